The first-order chi connectivity index (χ1) is 22.8. The van der Waals surface area contributed by atoms with E-state index in [-0.39, 0.29) is 18.2 Å². The molecule has 4 rings (SSSR count). The average Bonchev–Trinajstić information content (AvgIpc) is 3.30. The molecule has 0 radical (unpaired) electrons. The third-order valence-electron chi connectivity index (χ3n) is 7.71. The van der Waals surface area contributed by atoms with Gasteiger partial charge in [-0.05, 0) is 105 Å². The number of hydrogen-bond acceptors (Lipinski definition) is 8. The fourth-order valence-corrected chi connectivity index (χ4v) is 5.77. The smallest absolute Gasteiger partial charge is 0.252 e. The Morgan fingerprint density at radius 3 is 2.04 bits per heavy atom. The van der Waals surface area contributed by atoms with Gasteiger partial charge in [0, 0.05) is 18.8 Å². The van der Waals surface area contributed by atoms with Crippen molar-refractivity contribution in [3.05, 3.63) is 71.8 Å². The van der Waals surface area contributed by atoms with E-state index in [9.17, 15) is 9.59 Å². The van der Waals surface area contributed by atoms with Crippen molar-refractivity contribution >= 4 is 34.8 Å². The number of carbonyl (C=O) groups excluding carboxylic acids is 2. The largest absolute Gasteiger partial charge is 0.494 e. The van der Waals surface area contributed by atoms with E-state index in [1.165, 1.54) is 0 Å². The molecule has 252 valence electrons. The van der Waals surface area contributed by atoms with Gasteiger partial charge in [0.1, 0.15) is 11.8 Å². The molecular weight excluding hydrogens is 618 g/mol. The Balaban J connectivity index is 1.50. The molecule has 1 fully saturated rings. The second-order valence-electron chi connectivity index (χ2n) is 10.9. The van der Waals surface area contributed by atoms with Crippen molar-refractivity contribution in [2.75, 3.05) is 52.4 Å². The molecule has 11 heteroatoms. The van der Waals surface area contributed by atoms with Crippen LogP contribution in [0.4, 0.5) is 5.69 Å². The fourth-order valence-electron chi connectivity index (χ4n) is 5.37. The molecule has 1 aliphatic heterocycles. The van der Waals surface area contributed by atoms with Gasteiger partial charge in [-0.2, -0.15) is 0 Å². The van der Waals surface area contributed by atoms with Gasteiger partial charge >= 0.3 is 0 Å². The quantitative estimate of drug-likeness (QED) is 0.167. The minimum Gasteiger partial charge on any atom is -0.494 e. The number of ether oxygens (including phenoxy) is 5. The van der Waals surface area contributed by atoms with Crippen molar-refractivity contribution < 1.29 is 33.3 Å². The first-order valence-electron chi connectivity index (χ1n) is 16.1. The summed E-state index contributed by atoms with van der Waals surface area (Å²) >= 11 is 5.89. The van der Waals surface area contributed by atoms with Gasteiger partial charge in [0.05, 0.1) is 40.5 Å². The number of methoxy groups -OCH3 is 2. The zero-order valence-electron chi connectivity index (χ0n) is 27.9. The van der Waals surface area contributed by atoms with Gasteiger partial charge in [-0.3, -0.25) is 14.5 Å². The number of nitrogens with zero attached hydrogens (tertiary/aromatic N) is 2. The van der Waals surface area contributed by atoms with Crippen molar-refractivity contribution in [2.45, 2.75) is 52.5 Å². The summed E-state index contributed by atoms with van der Waals surface area (Å²) in [5, 5.41) is 3.33. The van der Waals surface area contributed by atoms with Crippen molar-refractivity contribution in [3.63, 3.8) is 0 Å². The summed E-state index contributed by atoms with van der Waals surface area (Å²) in [5.74, 6) is 2.86. The molecule has 1 atom stereocenters. The highest BCUT2D eigenvalue weighted by Gasteiger charge is 2.42. The maximum absolute atomic E-state index is 13.9. The highest BCUT2D eigenvalue weighted by molar-refractivity contribution is 7.80. The summed E-state index contributed by atoms with van der Waals surface area (Å²) in [4.78, 5) is 30.7. The third-order valence-corrected chi connectivity index (χ3v) is 8.17. The number of amides is 2. The number of hydrogen-bond donors (Lipinski definition) is 1. The van der Waals surface area contributed by atoms with Gasteiger partial charge in [0.2, 0.25) is 5.91 Å². The Hall–Kier alpha value is -4.51. The Kier molecular flexibility index (Phi) is 13.1. The standard InChI is InChI=1S/C36H45N3O7S/c1-6-21-46-28-13-11-27(12-14-28)37-34(40)24-29-35(41)39(20-18-26-10-16-31(44-7-2)33(23-26)45-8-3)36(47)38(29)19-17-25-9-15-30(42-4)32(22-25)43-5/h9-16,22-23,29H,6-8,17-21,24H2,1-5H3,(H,37,40)/t29-/m0/s1. The molecule has 3 aromatic carbocycles. The lowest BCUT2D eigenvalue weighted by Crippen LogP contribution is -2.39. The molecule has 47 heavy (non-hydrogen) atoms. The summed E-state index contributed by atoms with van der Waals surface area (Å²) < 4.78 is 28.0. The van der Waals surface area contributed by atoms with Crippen molar-refractivity contribution in [1.29, 1.82) is 0 Å². The van der Waals surface area contributed by atoms with Crippen LogP contribution >= 0.6 is 12.2 Å². The SMILES string of the molecule is CCCOc1ccc(NC(=O)C[C@H]2C(=O)N(CCc3ccc(OCC)c(OCC)c3)C(=S)N2CCc2ccc(OC)c(OC)c2)cc1. The average molecular weight is 664 g/mol. The van der Waals surface area contributed by atoms with Crippen LogP contribution in [-0.2, 0) is 22.4 Å². The molecule has 0 bridgehead atoms. The maximum atomic E-state index is 13.9. The monoisotopic (exact) mass is 663 g/mol. The van der Waals surface area contributed by atoms with E-state index >= 15 is 0 Å². The number of carbonyl (C=O) groups is 2. The van der Waals surface area contributed by atoms with Crippen LogP contribution in [-0.4, -0.2) is 79.9 Å². The zero-order valence-corrected chi connectivity index (χ0v) is 28.7. The molecule has 2 amide bonds. The molecule has 1 saturated heterocycles. The fraction of sp³-hybridized carbons (Fsp3) is 0.417. The van der Waals surface area contributed by atoms with Crippen molar-refractivity contribution in [3.8, 4) is 28.7 Å². The molecule has 1 N–H and O–H groups in total. The third kappa shape index (κ3) is 9.28. The maximum Gasteiger partial charge on any atom is 0.252 e. The molecule has 0 unspecified atom stereocenters. The van der Waals surface area contributed by atoms with E-state index in [1.54, 1.807) is 31.3 Å². The minimum atomic E-state index is -0.742. The second-order valence-corrected chi connectivity index (χ2v) is 11.3. The van der Waals surface area contributed by atoms with Gasteiger partial charge in [0.15, 0.2) is 28.1 Å². The van der Waals surface area contributed by atoms with Gasteiger partial charge < -0.3 is 33.9 Å². The number of thiocarbonyl (C=S) groups is 1. The van der Waals surface area contributed by atoms with Gasteiger partial charge in [0.25, 0.3) is 5.91 Å². The Labute approximate surface area is 282 Å². The summed E-state index contributed by atoms with van der Waals surface area (Å²) in [7, 11) is 3.19. The first-order valence-corrected chi connectivity index (χ1v) is 16.5. The molecule has 0 spiro atoms. The van der Waals surface area contributed by atoms with Crippen LogP contribution in [0, 0.1) is 0 Å². The van der Waals surface area contributed by atoms with Crippen LogP contribution in [0.25, 0.3) is 0 Å². The van der Waals surface area contributed by atoms with E-state index in [4.69, 9.17) is 35.9 Å². The highest BCUT2D eigenvalue weighted by Crippen LogP contribution is 2.31. The molecule has 0 aromatic heterocycles. The number of anilines is 1. The van der Waals surface area contributed by atoms with E-state index in [1.807, 2.05) is 74.2 Å². The summed E-state index contributed by atoms with van der Waals surface area (Å²) in [6.45, 7) is 8.36. The highest BCUT2D eigenvalue weighted by atomic mass is 32.1. The second kappa shape index (κ2) is 17.4. The summed E-state index contributed by atoms with van der Waals surface area (Å²) in [6.07, 6.45) is 1.99. The lowest BCUT2D eigenvalue weighted by atomic mass is 10.1. The molecule has 3 aromatic rings. The van der Waals surface area contributed by atoms with Crippen molar-refractivity contribution in [1.82, 2.24) is 9.80 Å². The normalized spacial score (nSPS) is 14.3. The predicted molar refractivity (Wildman–Crippen MR) is 186 cm³/mol. The van der Waals surface area contributed by atoms with Crippen LogP contribution in [0.15, 0.2) is 60.7 Å². The van der Waals surface area contributed by atoms with Gasteiger partial charge in [-0.1, -0.05) is 19.1 Å². The topological polar surface area (TPSA) is 98.8 Å². The van der Waals surface area contributed by atoms with Crippen LogP contribution < -0.4 is 29.0 Å². The first kappa shape index (κ1) is 35.3. The van der Waals surface area contributed by atoms with Crippen LogP contribution in [0.2, 0.25) is 0 Å². The summed E-state index contributed by atoms with van der Waals surface area (Å²) in [5.41, 5.74) is 2.60. The van der Waals surface area contributed by atoms with E-state index in [0.717, 1.165) is 23.3 Å². The van der Waals surface area contributed by atoms with E-state index in [2.05, 4.69) is 5.32 Å². The molecular formula is C36H45N3O7S. The molecule has 0 saturated carbocycles. The van der Waals surface area contributed by atoms with Crippen LogP contribution in [0.1, 0.15) is 44.7 Å². The molecule has 1 heterocycles. The minimum absolute atomic E-state index is 0.0486. The Morgan fingerprint density at radius 1 is 0.787 bits per heavy atom. The summed E-state index contributed by atoms with van der Waals surface area (Å²) in [6, 6.07) is 18.0. The lowest BCUT2D eigenvalue weighted by Gasteiger charge is -2.24. The van der Waals surface area contributed by atoms with Crippen LogP contribution in [0.3, 0.4) is 0 Å². The van der Waals surface area contributed by atoms with Gasteiger partial charge in [-0.25, -0.2) is 0 Å². The Bertz CT molecular complexity index is 1510. The molecule has 0 aliphatic carbocycles. The molecule has 10 nitrogen and oxygen atoms in total. The number of nitrogens with one attached hydrogen (secondary N) is 1. The van der Waals surface area contributed by atoms with E-state index in [0.29, 0.717) is 79.5 Å². The van der Waals surface area contributed by atoms with Crippen LogP contribution in [0.5, 0.6) is 28.7 Å². The lowest BCUT2D eigenvalue weighted by molar-refractivity contribution is -0.130. The number of rotatable bonds is 18. The zero-order chi connectivity index (χ0) is 33.8. The Morgan fingerprint density at radius 2 is 1.40 bits per heavy atom. The van der Waals surface area contributed by atoms with E-state index < -0.39 is 6.04 Å². The molecule has 1 aliphatic rings. The van der Waals surface area contributed by atoms with Crippen molar-refractivity contribution in [2.24, 2.45) is 0 Å². The number of benzene rings is 3. The predicted octanol–water partition coefficient (Wildman–Crippen LogP) is 5.90. The van der Waals surface area contributed by atoms with Gasteiger partial charge in [-0.15, -0.1) is 0 Å².